The van der Waals surface area contributed by atoms with Crippen molar-refractivity contribution in [3.05, 3.63) is 124 Å². The molecule has 4 aromatic rings. The van der Waals surface area contributed by atoms with E-state index in [0.717, 1.165) is 40.3 Å². The van der Waals surface area contributed by atoms with Crippen LogP contribution in [0.2, 0.25) is 0 Å². The van der Waals surface area contributed by atoms with Gasteiger partial charge in [0.25, 0.3) is 5.91 Å². The van der Waals surface area contributed by atoms with Crippen LogP contribution in [0.4, 0.5) is 10.5 Å². The van der Waals surface area contributed by atoms with E-state index in [2.05, 4.69) is 23.2 Å². The van der Waals surface area contributed by atoms with E-state index in [1.54, 1.807) is 32.4 Å². The van der Waals surface area contributed by atoms with E-state index in [9.17, 15) is 19.5 Å². The lowest BCUT2D eigenvalue weighted by Gasteiger charge is -2.43. The molecule has 2 saturated heterocycles. The standard InChI is InChI=1S/C42H45N3O9/c1-26-37(23-44-17-16-30-19-35(50-2)36(51-3)20-32(30)22-44)53-41(54-39(26)29-14-12-27(24-46)13-15-29)31-10-7-11-33(18-31)45-38(47)21-34(40(45)48)43-42(49)52-25-28-8-5-4-6-9-28/h4-15,18-20,26,34,37,39,41,46H,16-17,21-25H2,1-3H3,(H,43,49)/t26-,34?,37+,39+,41+/m0/s1. The molecule has 4 aromatic carbocycles. The summed E-state index contributed by atoms with van der Waals surface area (Å²) in [6.07, 6.45) is -1.53. The van der Waals surface area contributed by atoms with Crippen LogP contribution >= 0.6 is 0 Å². The van der Waals surface area contributed by atoms with Crippen LogP contribution < -0.4 is 19.7 Å². The molecule has 0 bridgehead atoms. The van der Waals surface area contributed by atoms with Gasteiger partial charge in [-0.15, -0.1) is 0 Å². The summed E-state index contributed by atoms with van der Waals surface area (Å²) in [5, 5.41) is 12.2. The number of alkyl carbamates (subject to hydrolysis) is 1. The fraction of sp³-hybridized carbons (Fsp3) is 0.357. The highest BCUT2D eigenvalue weighted by Crippen LogP contribution is 2.43. The molecular formula is C42H45N3O9. The van der Waals surface area contributed by atoms with Crippen molar-refractivity contribution in [2.45, 2.75) is 64.1 Å². The number of hydrogen-bond acceptors (Lipinski definition) is 10. The lowest BCUT2D eigenvalue weighted by atomic mass is 9.89. The number of anilines is 1. The Balaban J connectivity index is 1.09. The highest BCUT2D eigenvalue weighted by Gasteiger charge is 2.42. The Kier molecular flexibility index (Phi) is 11.3. The molecule has 54 heavy (non-hydrogen) atoms. The Labute approximate surface area is 314 Å². The summed E-state index contributed by atoms with van der Waals surface area (Å²) in [5.74, 6) is 0.375. The number of carbonyl (C=O) groups excluding carboxylic acids is 3. The highest BCUT2D eigenvalue weighted by atomic mass is 16.7. The number of methoxy groups -OCH3 is 2. The van der Waals surface area contributed by atoms with E-state index >= 15 is 0 Å². The minimum atomic E-state index is -1.06. The van der Waals surface area contributed by atoms with E-state index in [4.69, 9.17) is 23.7 Å². The first-order valence-electron chi connectivity index (χ1n) is 18.1. The average molecular weight is 736 g/mol. The second-order valence-corrected chi connectivity index (χ2v) is 13.9. The molecule has 7 rings (SSSR count). The van der Waals surface area contributed by atoms with Gasteiger partial charge in [-0.25, -0.2) is 9.69 Å². The smallest absolute Gasteiger partial charge is 0.408 e. The van der Waals surface area contributed by atoms with Crippen LogP contribution in [0, 0.1) is 5.92 Å². The summed E-state index contributed by atoms with van der Waals surface area (Å²) in [4.78, 5) is 42.8. The number of imide groups is 1. The molecule has 282 valence electrons. The normalized spacial score (nSPS) is 22.8. The summed E-state index contributed by atoms with van der Waals surface area (Å²) in [6.45, 7) is 4.28. The zero-order chi connectivity index (χ0) is 37.8. The van der Waals surface area contributed by atoms with Gasteiger partial charge in [-0.2, -0.15) is 0 Å². The molecule has 3 amide bonds. The zero-order valence-corrected chi connectivity index (χ0v) is 30.6. The third kappa shape index (κ3) is 7.97. The Bertz CT molecular complexity index is 1970. The van der Waals surface area contributed by atoms with Gasteiger partial charge in [-0.05, 0) is 58.5 Å². The molecule has 1 unspecified atom stereocenters. The number of nitrogens with one attached hydrogen (secondary N) is 1. The zero-order valence-electron chi connectivity index (χ0n) is 30.6. The van der Waals surface area contributed by atoms with Gasteiger partial charge in [0.05, 0.1) is 45.1 Å². The van der Waals surface area contributed by atoms with Gasteiger partial charge in [-0.1, -0.05) is 73.7 Å². The fourth-order valence-electron chi connectivity index (χ4n) is 7.41. The number of carbonyl (C=O) groups is 3. The Morgan fingerprint density at radius 3 is 2.33 bits per heavy atom. The maximum Gasteiger partial charge on any atom is 0.408 e. The van der Waals surface area contributed by atoms with Gasteiger partial charge in [-0.3, -0.25) is 14.5 Å². The Hall–Kier alpha value is -5.27. The van der Waals surface area contributed by atoms with Crippen molar-refractivity contribution in [1.82, 2.24) is 10.2 Å². The number of rotatable bonds is 11. The summed E-state index contributed by atoms with van der Waals surface area (Å²) in [6, 6.07) is 27.0. The molecule has 0 saturated carbocycles. The minimum absolute atomic E-state index is 0.0376. The SMILES string of the molecule is COc1cc2c(cc1OC)CN(C[C@H]1O[C@@H](c3cccc(N4C(=O)CC(NC(=O)OCc5ccccc5)C4=O)c3)O[C@@H](c3ccc(CO)cc3)[C@H]1C)CC2. The first-order chi connectivity index (χ1) is 26.2. The van der Waals surface area contributed by atoms with Gasteiger partial charge in [0, 0.05) is 31.1 Å². The van der Waals surface area contributed by atoms with Gasteiger partial charge in [0.1, 0.15) is 12.6 Å². The molecule has 0 aliphatic carbocycles. The molecular weight excluding hydrogens is 690 g/mol. The maximum atomic E-state index is 13.5. The van der Waals surface area contributed by atoms with Crippen molar-refractivity contribution in [2.75, 3.05) is 32.2 Å². The molecule has 2 fully saturated rings. The number of amides is 3. The van der Waals surface area contributed by atoms with Crippen LogP contribution in [0.25, 0.3) is 0 Å². The average Bonchev–Trinajstić information content (AvgIpc) is 3.48. The van der Waals surface area contributed by atoms with E-state index in [1.807, 2.05) is 66.7 Å². The second-order valence-electron chi connectivity index (χ2n) is 13.9. The van der Waals surface area contributed by atoms with Crippen LogP contribution in [0.3, 0.4) is 0 Å². The van der Waals surface area contributed by atoms with Gasteiger partial charge < -0.3 is 34.1 Å². The Morgan fingerprint density at radius 1 is 0.870 bits per heavy atom. The topological polar surface area (TPSA) is 136 Å². The lowest BCUT2D eigenvalue weighted by Crippen LogP contribution is -2.45. The molecule has 3 heterocycles. The van der Waals surface area contributed by atoms with Crippen LogP contribution in [0.1, 0.15) is 59.1 Å². The van der Waals surface area contributed by atoms with Crippen molar-refractivity contribution in [1.29, 1.82) is 0 Å². The summed E-state index contributed by atoms with van der Waals surface area (Å²) in [7, 11) is 3.28. The molecule has 5 atom stereocenters. The number of aliphatic hydroxyl groups is 1. The molecule has 3 aliphatic heterocycles. The molecule has 12 nitrogen and oxygen atoms in total. The van der Waals surface area contributed by atoms with Crippen molar-refractivity contribution in [2.24, 2.45) is 5.92 Å². The van der Waals surface area contributed by atoms with E-state index in [0.29, 0.717) is 30.1 Å². The fourth-order valence-corrected chi connectivity index (χ4v) is 7.41. The largest absolute Gasteiger partial charge is 0.493 e. The van der Waals surface area contributed by atoms with Gasteiger partial charge in [0.15, 0.2) is 17.8 Å². The summed E-state index contributed by atoms with van der Waals surface area (Å²) >= 11 is 0. The van der Waals surface area contributed by atoms with E-state index in [-0.39, 0.29) is 37.8 Å². The van der Waals surface area contributed by atoms with Gasteiger partial charge in [0.2, 0.25) is 5.91 Å². The van der Waals surface area contributed by atoms with E-state index < -0.39 is 30.2 Å². The molecule has 2 N–H and O–H groups in total. The van der Waals surface area contributed by atoms with Crippen molar-refractivity contribution >= 4 is 23.6 Å². The van der Waals surface area contributed by atoms with Crippen LogP contribution in [-0.4, -0.2) is 67.4 Å². The second kappa shape index (κ2) is 16.4. The monoisotopic (exact) mass is 735 g/mol. The highest BCUT2D eigenvalue weighted by molar-refractivity contribution is 6.22. The number of hydrogen-bond donors (Lipinski definition) is 2. The minimum Gasteiger partial charge on any atom is -0.493 e. The Morgan fingerprint density at radius 2 is 1.61 bits per heavy atom. The quantitative estimate of drug-likeness (QED) is 0.187. The maximum absolute atomic E-state index is 13.5. The van der Waals surface area contributed by atoms with Crippen molar-refractivity contribution in [3.8, 4) is 11.5 Å². The van der Waals surface area contributed by atoms with Crippen LogP contribution in [0.15, 0.2) is 91.0 Å². The number of aliphatic hydroxyl groups excluding tert-OH is 1. The predicted molar refractivity (Wildman–Crippen MR) is 199 cm³/mol. The molecule has 3 aliphatic rings. The van der Waals surface area contributed by atoms with Crippen molar-refractivity contribution < 1.29 is 43.2 Å². The lowest BCUT2D eigenvalue weighted by molar-refractivity contribution is -0.276. The number of fused-ring (bicyclic) bond motifs is 1. The van der Waals surface area contributed by atoms with Crippen LogP contribution in [0.5, 0.6) is 11.5 Å². The van der Waals surface area contributed by atoms with Crippen molar-refractivity contribution in [3.63, 3.8) is 0 Å². The molecule has 0 radical (unpaired) electrons. The molecule has 0 spiro atoms. The first-order valence-corrected chi connectivity index (χ1v) is 18.1. The van der Waals surface area contributed by atoms with Gasteiger partial charge >= 0.3 is 6.09 Å². The first kappa shape index (κ1) is 37.1. The third-order valence-corrected chi connectivity index (χ3v) is 10.4. The number of benzene rings is 4. The number of nitrogens with zero attached hydrogens (tertiary/aromatic N) is 2. The van der Waals surface area contributed by atoms with Crippen LogP contribution in [-0.2, 0) is 50.0 Å². The third-order valence-electron chi connectivity index (χ3n) is 10.4. The molecule has 0 aromatic heterocycles. The number of ether oxygens (including phenoxy) is 5. The van der Waals surface area contributed by atoms with E-state index in [1.165, 1.54) is 11.1 Å². The summed E-state index contributed by atoms with van der Waals surface area (Å²) in [5.41, 5.74) is 5.96. The molecule has 12 heteroatoms. The summed E-state index contributed by atoms with van der Waals surface area (Å²) < 4.78 is 29.9. The predicted octanol–water partition coefficient (Wildman–Crippen LogP) is 5.60.